The molecule has 3 rings (SSSR count). The average molecular weight is 248 g/mol. The van der Waals surface area contributed by atoms with Crippen molar-refractivity contribution in [3.63, 3.8) is 0 Å². The third-order valence-corrected chi connectivity index (χ3v) is 4.28. The number of aliphatic imine (C=N–C) groups is 1. The molecule has 0 radical (unpaired) electrons. The van der Waals surface area contributed by atoms with Crippen LogP contribution in [0.1, 0.15) is 19.4 Å². The van der Waals surface area contributed by atoms with Crippen molar-refractivity contribution < 1.29 is 9.90 Å². The first-order chi connectivity index (χ1) is 8.04. The van der Waals surface area contributed by atoms with Crippen LogP contribution in [0.4, 0.5) is 5.69 Å². The number of rotatable bonds is 0. The summed E-state index contributed by atoms with van der Waals surface area (Å²) in [6.45, 7) is 3.36. The highest BCUT2D eigenvalue weighted by molar-refractivity contribution is 8.14. The number of hydrogen-bond donors (Lipinski definition) is 1. The maximum absolute atomic E-state index is 11.8. The largest absolute Gasteiger partial charge is 0.363 e. The van der Waals surface area contributed by atoms with Gasteiger partial charge in [-0.25, -0.2) is 4.99 Å². The molecule has 1 aromatic carbocycles. The van der Waals surface area contributed by atoms with Crippen LogP contribution < -0.4 is 4.90 Å². The van der Waals surface area contributed by atoms with E-state index in [-0.39, 0.29) is 11.3 Å². The number of nitrogens with zero attached hydrogens (tertiary/aromatic N) is 2. The van der Waals surface area contributed by atoms with Crippen LogP contribution in [-0.2, 0) is 10.5 Å². The van der Waals surface area contributed by atoms with Crippen molar-refractivity contribution in [1.82, 2.24) is 0 Å². The molecule has 0 unspecified atom stereocenters. The van der Waals surface area contributed by atoms with E-state index >= 15 is 0 Å². The molecule has 1 aromatic rings. The molecule has 1 N–H and O–H groups in total. The lowest BCUT2D eigenvalue weighted by Crippen LogP contribution is -2.41. The summed E-state index contributed by atoms with van der Waals surface area (Å²) in [5, 5.41) is 11.1. The van der Waals surface area contributed by atoms with Gasteiger partial charge in [-0.1, -0.05) is 30.0 Å². The Morgan fingerprint density at radius 3 is 2.94 bits per heavy atom. The van der Waals surface area contributed by atoms with E-state index in [2.05, 4.69) is 4.99 Å². The van der Waals surface area contributed by atoms with E-state index in [0.717, 1.165) is 10.7 Å². The maximum atomic E-state index is 11.8. The zero-order valence-electron chi connectivity index (χ0n) is 9.54. The van der Waals surface area contributed by atoms with Crippen LogP contribution in [0.25, 0.3) is 0 Å². The zero-order valence-corrected chi connectivity index (χ0v) is 10.4. The molecule has 4 nitrogen and oxygen atoms in total. The molecule has 17 heavy (non-hydrogen) atoms. The molecule has 0 aromatic heterocycles. The summed E-state index contributed by atoms with van der Waals surface area (Å²) in [6, 6.07) is 7.39. The van der Waals surface area contributed by atoms with Crippen molar-refractivity contribution in [1.29, 1.82) is 0 Å². The Kier molecular flexibility index (Phi) is 2.12. The number of carbonyl (C=O) groups excluding carboxylic acids is 1. The summed E-state index contributed by atoms with van der Waals surface area (Å²) in [4.78, 5) is 17.7. The molecule has 0 aliphatic carbocycles. The second kappa shape index (κ2) is 3.34. The van der Waals surface area contributed by atoms with E-state index in [4.69, 9.17) is 0 Å². The van der Waals surface area contributed by atoms with Gasteiger partial charge in [0.1, 0.15) is 5.37 Å². The van der Waals surface area contributed by atoms with E-state index in [1.807, 2.05) is 31.2 Å². The molecule has 2 heterocycles. The number of aliphatic hydroxyl groups is 1. The number of fused-ring (bicyclic) bond motifs is 3. The van der Waals surface area contributed by atoms with Crippen molar-refractivity contribution in [2.45, 2.75) is 24.9 Å². The van der Waals surface area contributed by atoms with Crippen LogP contribution in [0, 0.1) is 0 Å². The molecule has 2 atom stereocenters. The number of hydrogen-bond acceptors (Lipinski definition) is 4. The highest BCUT2D eigenvalue weighted by Gasteiger charge is 2.55. The monoisotopic (exact) mass is 248 g/mol. The molecule has 0 saturated heterocycles. The van der Waals surface area contributed by atoms with Gasteiger partial charge in [0.15, 0.2) is 0 Å². The Hall–Kier alpha value is -1.33. The number of amides is 1. The first-order valence-corrected chi connectivity index (χ1v) is 6.27. The fourth-order valence-corrected chi connectivity index (χ4v) is 3.67. The van der Waals surface area contributed by atoms with Crippen LogP contribution >= 0.6 is 11.8 Å². The van der Waals surface area contributed by atoms with Crippen molar-refractivity contribution in [3.05, 3.63) is 29.8 Å². The normalized spacial score (nSPS) is 29.9. The number of thioether (sulfide) groups is 1. The fourth-order valence-electron chi connectivity index (χ4n) is 2.45. The van der Waals surface area contributed by atoms with Crippen molar-refractivity contribution >= 4 is 28.4 Å². The summed E-state index contributed by atoms with van der Waals surface area (Å²) >= 11 is 1.43. The first-order valence-electron chi connectivity index (χ1n) is 5.39. The Morgan fingerprint density at radius 2 is 2.24 bits per heavy atom. The molecule has 0 spiro atoms. The minimum atomic E-state index is -1.28. The van der Waals surface area contributed by atoms with Gasteiger partial charge in [-0.3, -0.25) is 9.69 Å². The molecule has 0 saturated carbocycles. The SMILES string of the molecule is CC(=O)N1c2ccccc2[C@]2(O)N=C(C)S[C@@H]12. The van der Waals surface area contributed by atoms with Gasteiger partial charge in [0.2, 0.25) is 11.6 Å². The van der Waals surface area contributed by atoms with Gasteiger partial charge >= 0.3 is 0 Å². The zero-order chi connectivity index (χ0) is 12.2. The van der Waals surface area contributed by atoms with E-state index < -0.39 is 5.72 Å². The van der Waals surface area contributed by atoms with Crippen LogP contribution in [0.5, 0.6) is 0 Å². The Bertz CT molecular complexity index is 543. The van der Waals surface area contributed by atoms with Gasteiger partial charge in [0.05, 0.1) is 10.7 Å². The number of anilines is 1. The third kappa shape index (κ3) is 1.29. The van der Waals surface area contributed by atoms with Gasteiger partial charge in [-0.15, -0.1) is 0 Å². The smallest absolute Gasteiger partial charge is 0.225 e. The van der Waals surface area contributed by atoms with E-state index in [1.54, 1.807) is 4.90 Å². The van der Waals surface area contributed by atoms with Gasteiger partial charge in [0.25, 0.3) is 0 Å². The molecule has 5 heteroatoms. The van der Waals surface area contributed by atoms with Gasteiger partial charge in [0, 0.05) is 12.5 Å². The van der Waals surface area contributed by atoms with Crippen LogP contribution in [-0.4, -0.2) is 21.4 Å². The van der Waals surface area contributed by atoms with Crippen LogP contribution in [0.2, 0.25) is 0 Å². The Labute approximate surface area is 103 Å². The second-order valence-electron chi connectivity index (χ2n) is 4.23. The van der Waals surface area contributed by atoms with Crippen molar-refractivity contribution in [3.8, 4) is 0 Å². The van der Waals surface area contributed by atoms with E-state index in [9.17, 15) is 9.90 Å². The van der Waals surface area contributed by atoms with Gasteiger partial charge < -0.3 is 5.11 Å². The average Bonchev–Trinajstić information content (AvgIpc) is 2.66. The lowest BCUT2D eigenvalue weighted by Gasteiger charge is -2.24. The highest BCUT2D eigenvalue weighted by Crippen LogP contribution is 2.52. The summed E-state index contributed by atoms with van der Waals surface area (Å²) in [7, 11) is 0. The Morgan fingerprint density at radius 1 is 1.53 bits per heavy atom. The van der Waals surface area contributed by atoms with Crippen LogP contribution in [0.15, 0.2) is 29.3 Å². The third-order valence-electron chi connectivity index (χ3n) is 3.09. The summed E-state index contributed by atoms with van der Waals surface area (Å²) < 4.78 is 0. The number of benzene rings is 1. The van der Waals surface area contributed by atoms with E-state index in [0.29, 0.717) is 5.56 Å². The molecular formula is C12H12N2O2S. The molecular weight excluding hydrogens is 236 g/mol. The van der Waals surface area contributed by atoms with Gasteiger partial charge in [-0.05, 0) is 13.0 Å². The van der Waals surface area contributed by atoms with Crippen LogP contribution in [0.3, 0.4) is 0 Å². The molecule has 2 aliphatic rings. The Balaban J connectivity index is 2.24. The summed E-state index contributed by atoms with van der Waals surface area (Å²) in [6.07, 6.45) is 0. The number of carbonyl (C=O) groups is 1. The molecule has 0 fully saturated rings. The minimum absolute atomic E-state index is 0.0734. The molecule has 88 valence electrons. The lowest BCUT2D eigenvalue weighted by atomic mass is 10.1. The first kappa shape index (κ1) is 10.8. The lowest BCUT2D eigenvalue weighted by molar-refractivity contribution is -0.117. The van der Waals surface area contributed by atoms with Crippen molar-refractivity contribution in [2.75, 3.05) is 4.90 Å². The minimum Gasteiger partial charge on any atom is -0.363 e. The predicted molar refractivity (Wildman–Crippen MR) is 68.0 cm³/mol. The summed E-state index contributed by atoms with van der Waals surface area (Å²) in [5.41, 5.74) is 0.192. The highest BCUT2D eigenvalue weighted by atomic mass is 32.2. The fraction of sp³-hybridized carbons (Fsp3) is 0.333. The number of para-hydroxylation sites is 1. The quantitative estimate of drug-likeness (QED) is 0.760. The molecule has 2 aliphatic heterocycles. The second-order valence-corrected chi connectivity index (χ2v) is 5.51. The van der Waals surface area contributed by atoms with E-state index in [1.165, 1.54) is 18.7 Å². The topological polar surface area (TPSA) is 52.9 Å². The van der Waals surface area contributed by atoms with Crippen molar-refractivity contribution in [2.24, 2.45) is 4.99 Å². The summed E-state index contributed by atoms with van der Waals surface area (Å²) in [5.74, 6) is -0.0734. The standard InChI is InChI=1S/C12H12N2O2S/c1-7-13-12(16)9-5-3-4-6-10(9)14(8(2)15)11(12)17-7/h3-6,11,16H,1-2H3/t11-,12-/m1/s1. The predicted octanol–water partition coefficient (Wildman–Crippen LogP) is 1.69. The molecule has 0 bridgehead atoms. The van der Waals surface area contributed by atoms with Gasteiger partial charge in [-0.2, -0.15) is 0 Å². The maximum Gasteiger partial charge on any atom is 0.225 e. The molecule has 1 amide bonds.